The van der Waals surface area contributed by atoms with Gasteiger partial charge in [-0.2, -0.15) is 13.2 Å². The quantitative estimate of drug-likeness (QED) is 0.0442. The highest BCUT2D eigenvalue weighted by Crippen LogP contribution is 2.38. The molecular weight excluding hydrogens is 1280 g/mol. The Morgan fingerprint density at radius 1 is 0.525 bits per heavy atom. The van der Waals surface area contributed by atoms with Crippen molar-refractivity contribution in [1.82, 2.24) is 35.4 Å². The number of aromatic nitrogens is 3. The number of morpholine rings is 1. The molecule has 3 saturated heterocycles. The molecule has 508 valence electrons. The first-order chi connectivity index (χ1) is 48.1. The average Bonchev–Trinajstić information content (AvgIpc) is 0.810. The summed E-state index contributed by atoms with van der Waals surface area (Å²) in [6.45, 7) is 7.98. The molecule has 3 fully saturated rings. The van der Waals surface area contributed by atoms with Crippen molar-refractivity contribution < 1.29 is 41.9 Å². The summed E-state index contributed by atoms with van der Waals surface area (Å²) in [4.78, 5) is 94.0. The van der Waals surface area contributed by atoms with E-state index in [1.165, 1.54) is 30.8 Å². The van der Waals surface area contributed by atoms with E-state index in [1.807, 2.05) is 84.9 Å². The molecule has 0 saturated carbocycles. The van der Waals surface area contributed by atoms with Gasteiger partial charge in [0.25, 0.3) is 29.5 Å². The number of nitrogens with zero attached hydrogens (tertiary/aromatic N) is 7. The first-order valence-electron chi connectivity index (χ1n) is 33.6. The summed E-state index contributed by atoms with van der Waals surface area (Å²) in [5, 5.41) is 12.0. The fraction of sp³-hybridized carbons (Fsp3) is 0.282. The molecule has 99 heavy (non-hydrogen) atoms. The summed E-state index contributed by atoms with van der Waals surface area (Å²) in [6.07, 6.45) is 7.41. The number of amides is 5. The zero-order valence-electron chi connectivity index (χ0n) is 55.2. The number of hydrogen-bond acceptors (Lipinski definition) is 13. The lowest BCUT2D eigenvalue weighted by Gasteiger charge is -2.29. The van der Waals surface area contributed by atoms with E-state index >= 15 is 0 Å². The maximum absolute atomic E-state index is 14.9. The Bertz CT molecular complexity index is 4350. The summed E-state index contributed by atoms with van der Waals surface area (Å²) in [5.74, 6) is -1.33. The second-order valence-electron chi connectivity index (χ2n) is 25.0. The van der Waals surface area contributed by atoms with E-state index in [4.69, 9.17) is 9.72 Å². The number of pyridine rings is 3. The van der Waals surface area contributed by atoms with Gasteiger partial charge in [-0.15, -0.1) is 11.8 Å². The van der Waals surface area contributed by atoms with Crippen LogP contribution >= 0.6 is 11.8 Å². The predicted octanol–water partition coefficient (Wildman–Crippen LogP) is 14.0. The zero-order valence-corrected chi connectivity index (χ0v) is 56.0. The molecule has 6 aromatic carbocycles. The smallest absolute Gasteiger partial charge is 0.379 e. The van der Waals surface area contributed by atoms with Crippen molar-refractivity contribution in [3.63, 3.8) is 0 Å². The number of thioether (sulfide) groups is 1. The molecule has 4 N–H and O–H groups in total. The van der Waals surface area contributed by atoms with Crippen molar-refractivity contribution in [2.24, 2.45) is 0 Å². The van der Waals surface area contributed by atoms with E-state index in [1.54, 1.807) is 84.6 Å². The maximum atomic E-state index is 14.9. The van der Waals surface area contributed by atoms with Crippen LogP contribution in [0.4, 0.5) is 35.9 Å². The summed E-state index contributed by atoms with van der Waals surface area (Å²) in [7, 11) is 1.78. The van der Waals surface area contributed by atoms with Crippen molar-refractivity contribution in [2.75, 3.05) is 99.6 Å². The summed E-state index contributed by atoms with van der Waals surface area (Å²) in [5.41, 5.74) is 9.46. The molecule has 0 spiro atoms. The van der Waals surface area contributed by atoms with Crippen molar-refractivity contribution in [3.8, 4) is 33.6 Å². The lowest BCUT2D eigenvalue weighted by molar-refractivity contribution is -0.137. The number of carbonyl (C=O) groups is 5. The molecule has 6 heterocycles. The molecule has 3 aliphatic heterocycles. The van der Waals surface area contributed by atoms with Gasteiger partial charge in [0.05, 0.1) is 41.5 Å². The molecule has 3 aliphatic rings. The molecule has 0 unspecified atom stereocenters. The molecule has 0 aliphatic carbocycles. The minimum absolute atomic E-state index is 0.144. The summed E-state index contributed by atoms with van der Waals surface area (Å²) >= 11 is 1.63. The molecule has 17 nitrogen and oxygen atoms in total. The van der Waals surface area contributed by atoms with Gasteiger partial charge in [0.1, 0.15) is 0 Å². The van der Waals surface area contributed by atoms with Gasteiger partial charge in [-0.25, -0.2) is 0 Å². The Kier molecular flexibility index (Phi) is 22.5. The van der Waals surface area contributed by atoms with Gasteiger partial charge in [-0.05, 0) is 182 Å². The number of likely N-dealkylation sites (N-methyl/N-ethyl adjacent to an activating group) is 1. The fourth-order valence-electron chi connectivity index (χ4n) is 12.5. The Hall–Kier alpha value is -10.2. The van der Waals surface area contributed by atoms with Gasteiger partial charge in [0, 0.05) is 164 Å². The third kappa shape index (κ3) is 18.1. The number of nitrogens with one attached hydrogen (secondary N) is 4. The van der Waals surface area contributed by atoms with E-state index in [2.05, 4.69) is 52.0 Å². The van der Waals surface area contributed by atoms with E-state index in [0.717, 1.165) is 129 Å². The molecule has 0 atom stereocenters. The maximum Gasteiger partial charge on any atom is 0.416 e. The van der Waals surface area contributed by atoms with Gasteiger partial charge < -0.3 is 40.7 Å². The van der Waals surface area contributed by atoms with E-state index < -0.39 is 23.6 Å². The molecule has 0 radical (unpaired) electrons. The first-order valence-corrected chi connectivity index (χ1v) is 34.6. The van der Waals surface area contributed by atoms with Gasteiger partial charge in [0.15, 0.2) is 0 Å². The van der Waals surface area contributed by atoms with Crippen LogP contribution in [0.25, 0.3) is 33.6 Å². The standard InChI is InChI=1S/C78H78F3N11O6S/c1-89(36-37-90-38-40-98-41-39-90)77(97)58-14-11-13-56(43-58)75(95)87-70-24-22-65(92-34-8-3-9-35-92)49-68(70)72-50-66(27-31-84-72)99-52-53-17-19-55(20-18-53)59-44-60(74(94)85-30-26-63-16-4-5-28-82-63)46-61(45-59)76(96)88-69-23-21-64(91-32-6-2-7-33-91)48-67(69)71-47-57(25-29-83-71)73(93)86-51-54-12-10-15-62(42-54)78(79,80)81/h4-5,10-25,27-29,31,42-50H,2-3,6-9,26,30,32-41,51-52H2,1H3,(H,85,94)(H,86,93)(H,87,95)(H,88,96). The molecule has 9 aromatic rings. The van der Waals surface area contributed by atoms with Crippen LogP contribution < -0.4 is 31.1 Å². The van der Waals surface area contributed by atoms with E-state index in [-0.39, 0.29) is 46.5 Å². The number of hydrogen-bond donors (Lipinski definition) is 4. The largest absolute Gasteiger partial charge is 0.416 e. The van der Waals surface area contributed by atoms with Crippen LogP contribution in [0, 0.1) is 0 Å². The fourth-order valence-corrected chi connectivity index (χ4v) is 13.4. The number of carbonyl (C=O) groups excluding carboxylic acids is 5. The van der Waals surface area contributed by atoms with Crippen LogP contribution in [0.15, 0.2) is 193 Å². The molecular formula is C78H78F3N11O6S. The molecule has 5 amide bonds. The van der Waals surface area contributed by atoms with Gasteiger partial charge in [-0.1, -0.05) is 48.5 Å². The number of alkyl halides is 3. The average molecular weight is 1350 g/mol. The van der Waals surface area contributed by atoms with Crippen molar-refractivity contribution in [2.45, 2.75) is 68.3 Å². The number of ether oxygens (including phenoxy) is 1. The zero-order chi connectivity index (χ0) is 68.7. The minimum Gasteiger partial charge on any atom is -0.379 e. The van der Waals surface area contributed by atoms with Crippen molar-refractivity contribution in [3.05, 3.63) is 239 Å². The van der Waals surface area contributed by atoms with Crippen LogP contribution in [0.5, 0.6) is 0 Å². The minimum atomic E-state index is -4.54. The van der Waals surface area contributed by atoms with Crippen LogP contribution in [0.3, 0.4) is 0 Å². The number of benzene rings is 6. The highest BCUT2D eigenvalue weighted by Gasteiger charge is 2.31. The van der Waals surface area contributed by atoms with E-state index in [0.29, 0.717) is 83.5 Å². The normalized spacial score (nSPS) is 14.3. The molecule has 3 aromatic heterocycles. The SMILES string of the molecule is CN(CCN1CCOCC1)C(=O)c1cccc(C(=O)Nc2ccc(N3CCCCC3)cc2-c2cc(SCc3ccc(-c4cc(C(=O)NCCc5ccccn5)cc(C(=O)Nc5ccc(N6CCCCC6)cc5-c5cc(C(=O)NCc6cccc(C(F)(F)F)c6)ccn5)c4)cc3)ccn2)c1. The van der Waals surface area contributed by atoms with Crippen LogP contribution in [0.1, 0.15) is 113 Å². The van der Waals surface area contributed by atoms with Crippen LogP contribution in [-0.4, -0.2) is 133 Å². The monoisotopic (exact) mass is 1350 g/mol. The molecule has 21 heteroatoms. The third-order valence-electron chi connectivity index (χ3n) is 18.1. The number of anilines is 4. The van der Waals surface area contributed by atoms with Gasteiger partial charge >= 0.3 is 6.18 Å². The van der Waals surface area contributed by atoms with Crippen LogP contribution in [0.2, 0.25) is 0 Å². The third-order valence-corrected chi connectivity index (χ3v) is 19.1. The van der Waals surface area contributed by atoms with Crippen LogP contribution in [-0.2, 0) is 29.6 Å². The van der Waals surface area contributed by atoms with Crippen molar-refractivity contribution >= 4 is 64.0 Å². The number of piperidine rings is 2. The first kappa shape index (κ1) is 68.7. The van der Waals surface area contributed by atoms with E-state index in [9.17, 15) is 37.1 Å². The number of halogens is 3. The topological polar surface area (TPSA) is 194 Å². The van der Waals surface area contributed by atoms with Gasteiger partial charge in [-0.3, -0.25) is 43.8 Å². The van der Waals surface area contributed by atoms with Crippen molar-refractivity contribution in [1.29, 1.82) is 0 Å². The molecule has 12 rings (SSSR count). The second kappa shape index (κ2) is 32.4. The lowest BCUT2D eigenvalue weighted by atomic mass is 9.98. The summed E-state index contributed by atoms with van der Waals surface area (Å²) < 4.78 is 46.1. The Morgan fingerprint density at radius 3 is 1.80 bits per heavy atom. The Morgan fingerprint density at radius 2 is 1.13 bits per heavy atom. The highest BCUT2D eigenvalue weighted by molar-refractivity contribution is 7.98. The Labute approximate surface area is 578 Å². The highest BCUT2D eigenvalue weighted by atomic mass is 32.2. The Balaban J connectivity index is 0.774. The van der Waals surface area contributed by atoms with Gasteiger partial charge in [0.2, 0.25) is 0 Å². The lowest BCUT2D eigenvalue weighted by Crippen LogP contribution is -2.41. The second-order valence-corrected chi connectivity index (χ2v) is 26.1. The predicted molar refractivity (Wildman–Crippen MR) is 382 cm³/mol. The number of rotatable bonds is 23. The molecule has 0 bridgehead atoms. The summed E-state index contributed by atoms with van der Waals surface area (Å²) in [6, 6.07) is 49.2.